The van der Waals surface area contributed by atoms with Crippen molar-refractivity contribution in [1.82, 2.24) is 0 Å². The molecule has 0 unspecified atom stereocenters. The molecule has 0 fully saturated rings. The van der Waals surface area contributed by atoms with Crippen LogP contribution in [0.5, 0.6) is 5.75 Å². The van der Waals surface area contributed by atoms with Crippen molar-refractivity contribution in [1.29, 1.82) is 0 Å². The molecular weight excluding hydrogens is 392 g/mol. The standard InChI is InChI=1S/C22H38O8/c1-19-17-22(30-15-14-28-11-10-26-7-6-24-3)20(2)16-21(19)18-29-13-12-27-9-8-25-5-4-23/h16-17,23H,4-15,18H2,1-3H3. The van der Waals surface area contributed by atoms with Crippen LogP contribution in [0.1, 0.15) is 16.7 Å². The molecule has 0 amide bonds. The Kier molecular flexibility index (Phi) is 16.5. The highest BCUT2D eigenvalue weighted by Gasteiger charge is 2.06. The summed E-state index contributed by atoms with van der Waals surface area (Å²) < 4.78 is 37.8. The van der Waals surface area contributed by atoms with Gasteiger partial charge in [0, 0.05) is 7.11 Å². The predicted octanol–water partition coefficient (Wildman–Crippen LogP) is 1.90. The predicted molar refractivity (Wildman–Crippen MR) is 113 cm³/mol. The van der Waals surface area contributed by atoms with E-state index in [1.54, 1.807) is 7.11 Å². The van der Waals surface area contributed by atoms with Crippen LogP contribution in [0.4, 0.5) is 0 Å². The zero-order valence-corrected chi connectivity index (χ0v) is 18.7. The zero-order chi connectivity index (χ0) is 21.9. The second kappa shape index (κ2) is 18.5. The number of ether oxygens (including phenoxy) is 7. The van der Waals surface area contributed by atoms with E-state index in [-0.39, 0.29) is 6.61 Å². The molecule has 0 radical (unpaired) electrons. The average Bonchev–Trinajstić information content (AvgIpc) is 2.74. The number of aliphatic hydroxyl groups excluding tert-OH is 1. The molecule has 30 heavy (non-hydrogen) atoms. The van der Waals surface area contributed by atoms with Crippen molar-refractivity contribution < 1.29 is 38.3 Å². The van der Waals surface area contributed by atoms with Crippen molar-refractivity contribution >= 4 is 0 Å². The Morgan fingerprint density at radius 2 is 1.17 bits per heavy atom. The summed E-state index contributed by atoms with van der Waals surface area (Å²) in [6.07, 6.45) is 0. The van der Waals surface area contributed by atoms with Crippen LogP contribution < -0.4 is 4.74 Å². The fourth-order valence-electron chi connectivity index (χ4n) is 2.52. The lowest BCUT2D eigenvalue weighted by atomic mass is 10.1. The van der Waals surface area contributed by atoms with Crippen molar-refractivity contribution in [3.63, 3.8) is 0 Å². The minimum absolute atomic E-state index is 0.0324. The van der Waals surface area contributed by atoms with Gasteiger partial charge in [0.25, 0.3) is 0 Å². The molecule has 8 heteroatoms. The minimum Gasteiger partial charge on any atom is -0.491 e. The maximum atomic E-state index is 8.60. The van der Waals surface area contributed by atoms with Crippen molar-refractivity contribution in [3.8, 4) is 5.75 Å². The van der Waals surface area contributed by atoms with Crippen LogP contribution >= 0.6 is 0 Å². The molecule has 0 atom stereocenters. The molecule has 0 heterocycles. The highest BCUT2D eigenvalue weighted by Crippen LogP contribution is 2.23. The Hall–Kier alpha value is -1.26. The Labute approximate surface area is 180 Å². The SMILES string of the molecule is COCCOCCOCCOc1cc(C)c(COCCOCCOCCO)cc1C. The first-order valence-electron chi connectivity index (χ1n) is 10.4. The van der Waals surface area contributed by atoms with E-state index >= 15 is 0 Å². The van der Waals surface area contributed by atoms with E-state index in [9.17, 15) is 0 Å². The highest BCUT2D eigenvalue weighted by molar-refractivity contribution is 5.41. The van der Waals surface area contributed by atoms with Crippen LogP contribution in [0.25, 0.3) is 0 Å². The minimum atomic E-state index is 0.0324. The molecule has 0 spiro atoms. The van der Waals surface area contributed by atoms with Crippen LogP contribution in [0.15, 0.2) is 12.1 Å². The van der Waals surface area contributed by atoms with E-state index in [1.807, 2.05) is 19.9 Å². The third-order valence-electron chi connectivity index (χ3n) is 4.16. The summed E-state index contributed by atoms with van der Waals surface area (Å²) in [7, 11) is 1.65. The first-order valence-corrected chi connectivity index (χ1v) is 10.4. The van der Waals surface area contributed by atoms with E-state index in [0.29, 0.717) is 79.3 Å². The molecule has 0 bridgehead atoms. The molecular formula is C22H38O8. The number of methoxy groups -OCH3 is 1. The summed E-state index contributed by atoms with van der Waals surface area (Å²) in [5.41, 5.74) is 3.33. The number of aryl methyl sites for hydroxylation is 2. The lowest BCUT2D eigenvalue weighted by molar-refractivity contribution is 0.00442. The Morgan fingerprint density at radius 3 is 1.77 bits per heavy atom. The van der Waals surface area contributed by atoms with E-state index < -0.39 is 0 Å². The van der Waals surface area contributed by atoms with E-state index in [4.69, 9.17) is 38.3 Å². The Balaban J connectivity index is 2.15. The third kappa shape index (κ3) is 13.1. The monoisotopic (exact) mass is 430 g/mol. The van der Waals surface area contributed by atoms with Gasteiger partial charge in [-0.1, -0.05) is 0 Å². The highest BCUT2D eigenvalue weighted by atomic mass is 16.6. The second-order valence-electron chi connectivity index (χ2n) is 6.61. The maximum absolute atomic E-state index is 8.60. The fraction of sp³-hybridized carbons (Fsp3) is 0.727. The molecule has 0 aliphatic heterocycles. The second-order valence-corrected chi connectivity index (χ2v) is 6.61. The topological polar surface area (TPSA) is 84.8 Å². The van der Waals surface area contributed by atoms with Crippen LogP contribution in [0.3, 0.4) is 0 Å². The van der Waals surface area contributed by atoms with Gasteiger partial charge in [0.1, 0.15) is 12.4 Å². The van der Waals surface area contributed by atoms with Crippen LogP contribution in [0, 0.1) is 13.8 Å². The largest absolute Gasteiger partial charge is 0.491 e. The lowest BCUT2D eigenvalue weighted by Gasteiger charge is -2.14. The van der Waals surface area contributed by atoms with Crippen molar-refractivity contribution in [2.45, 2.75) is 20.5 Å². The number of rotatable bonds is 20. The molecule has 0 aliphatic carbocycles. The first-order chi connectivity index (χ1) is 14.7. The van der Waals surface area contributed by atoms with Gasteiger partial charge < -0.3 is 38.3 Å². The van der Waals surface area contributed by atoms with Crippen LogP contribution in [0.2, 0.25) is 0 Å². The number of benzene rings is 1. The Morgan fingerprint density at radius 1 is 0.633 bits per heavy atom. The normalized spacial score (nSPS) is 11.2. The van der Waals surface area contributed by atoms with Crippen molar-refractivity contribution in [2.24, 2.45) is 0 Å². The van der Waals surface area contributed by atoms with Crippen LogP contribution in [-0.4, -0.2) is 91.5 Å². The van der Waals surface area contributed by atoms with Gasteiger partial charge in [0.05, 0.1) is 79.3 Å². The molecule has 0 aliphatic rings. The van der Waals surface area contributed by atoms with Gasteiger partial charge >= 0.3 is 0 Å². The molecule has 0 saturated heterocycles. The van der Waals surface area contributed by atoms with E-state index in [0.717, 1.165) is 22.4 Å². The molecule has 1 aromatic rings. The summed E-state index contributed by atoms with van der Waals surface area (Å²) in [6.45, 7) is 10.3. The van der Waals surface area contributed by atoms with Gasteiger partial charge in [-0.15, -0.1) is 0 Å². The molecule has 1 aromatic carbocycles. The summed E-state index contributed by atoms with van der Waals surface area (Å²) >= 11 is 0. The number of hydrogen-bond donors (Lipinski definition) is 1. The molecule has 0 aromatic heterocycles. The number of aliphatic hydroxyl groups is 1. The quantitative estimate of drug-likeness (QED) is 0.314. The van der Waals surface area contributed by atoms with E-state index in [1.165, 1.54) is 0 Å². The van der Waals surface area contributed by atoms with Gasteiger partial charge in [-0.25, -0.2) is 0 Å². The van der Waals surface area contributed by atoms with Crippen molar-refractivity contribution in [3.05, 3.63) is 28.8 Å². The molecule has 8 nitrogen and oxygen atoms in total. The summed E-state index contributed by atoms with van der Waals surface area (Å²) in [4.78, 5) is 0. The molecule has 1 N–H and O–H groups in total. The van der Waals surface area contributed by atoms with Gasteiger partial charge in [-0.05, 0) is 42.7 Å². The maximum Gasteiger partial charge on any atom is 0.122 e. The smallest absolute Gasteiger partial charge is 0.122 e. The van der Waals surface area contributed by atoms with Gasteiger partial charge in [0.2, 0.25) is 0 Å². The summed E-state index contributed by atoms with van der Waals surface area (Å²) in [5, 5.41) is 8.60. The Bertz CT molecular complexity index is 490. The van der Waals surface area contributed by atoms with E-state index in [2.05, 4.69) is 6.07 Å². The third-order valence-corrected chi connectivity index (χ3v) is 4.16. The van der Waals surface area contributed by atoms with Crippen molar-refractivity contribution in [2.75, 3.05) is 86.4 Å². The van der Waals surface area contributed by atoms with Gasteiger partial charge in [-0.3, -0.25) is 0 Å². The average molecular weight is 431 g/mol. The van der Waals surface area contributed by atoms with Gasteiger partial charge in [-0.2, -0.15) is 0 Å². The fourth-order valence-corrected chi connectivity index (χ4v) is 2.52. The van der Waals surface area contributed by atoms with Gasteiger partial charge in [0.15, 0.2) is 0 Å². The lowest BCUT2D eigenvalue weighted by Crippen LogP contribution is -2.13. The first kappa shape index (κ1) is 26.8. The molecule has 1 rings (SSSR count). The van der Waals surface area contributed by atoms with Crippen LogP contribution in [-0.2, 0) is 35.0 Å². The zero-order valence-electron chi connectivity index (χ0n) is 18.7. The summed E-state index contributed by atoms with van der Waals surface area (Å²) in [6, 6.07) is 4.13. The number of hydrogen-bond acceptors (Lipinski definition) is 8. The molecule has 174 valence electrons. The summed E-state index contributed by atoms with van der Waals surface area (Å²) in [5.74, 6) is 0.863. The molecule has 0 saturated carbocycles.